The number of sulfonamides is 1. The molecule has 0 aliphatic rings. The van der Waals surface area contributed by atoms with E-state index in [-0.39, 0.29) is 9.92 Å². The number of halogens is 2. The van der Waals surface area contributed by atoms with Crippen molar-refractivity contribution in [2.45, 2.75) is 4.90 Å². The van der Waals surface area contributed by atoms with Gasteiger partial charge in [0.2, 0.25) is 0 Å². The van der Waals surface area contributed by atoms with Gasteiger partial charge in [-0.05, 0) is 36.4 Å². The van der Waals surface area contributed by atoms with Gasteiger partial charge in [0, 0.05) is 15.5 Å². The van der Waals surface area contributed by atoms with E-state index in [9.17, 15) is 8.42 Å². The first-order valence-corrected chi connectivity index (χ1v) is 8.52. The fourth-order valence-corrected chi connectivity index (χ4v) is 4.00. The Labute approximate surface area is 134 Å². The first-order valence-electron chi connectivity index (χ1n) is 5.87. The van der Waals surface area contributed by atoms with E-state index in [1.54, 1.807) is 30.5 Å². The van der Waals surface area contributed by atoms with E-state index >= 15 is 0 Å². The number of rotatable bonds is 3. The Kier molecular flexibility index (Phi) is 3.64. The van der Waals surface area contributed by atoms with Crippen LogP contribution in [0.3, 0.4) is 0 Å². The SMILES string of the molecule is O=S(=O)(Nc1ccc2[nH]ncc2c1)c1ccc(Br)cc1Cl. The molecule has 0 amide bonds. The molecule has 0 radical (unpaired) electrons. The number of aromatic amines is 1. The maximum absolute atomic E-state index is 12.4. The number of anilines is 1. The summed E-state index contributed by atoms with van der Waals surface area (Å²) in [6.45, 7) is 0. The molecule has 2 N–H and O–H groups in total. The van der Waals surface area contributed by atoms with E-state index in [1.165, 1.54) is 12.1 Å². The Morgan fingerprint density at radius 2 is 2.00 bits per heavy atom. The topological polar surface area (TPSA) is 74.8 Å². The van der Waals surface area contributed by atoms with Gasteiger partial charge in [0.1, 0.15) is 4.90 Å². The molecule has 108 valence electrons. The molecule has 3 rings (SSSR count). The summed E-state index contributed by atoms with van der Waals surface area (Å²) in [6.07, 6.45) is 1.62. The maximum atomic E-state index is 12.4. The minimum Gasteiger partial charge on any atom is -0.280 e. The molecule has 0 spiro atoms. The van der Waals surface area contributed by atoms with Crippen LogP contribution in [0.15, 0.2) is 52.0 Å². The number of aromatic nitrogens is 2. The number of nitrogens with one attached hydrogen (secondary N) is 2. The van der Waals surface area contributed by atoms with Gasteiger partial charge < -0.3 is 0 Å². The lowest BCUT2D eigenvalue weighted by molar-refractivity contribution is 0.601. The minimum atomic E-state index is -3.75. The van der Waals surface area contributed by atoms with Crippen LogP contribution >= 0.6 is 27.5 Å². The standard InChI is InChI=1S/C13H9BrClN3O2S/c14-9-1-4-13(11(15)6-9)21(19,20)18-10-2-3-12-8(5-10)7-16-17-12/h1-7,18H,(H,16,17). The number of fused-ring (bicyclic) bond motifs is 1. The first-order chi connectivity index (χ1) is 9.95. The molecule has 21 heavy (non-hydrogen) atoms. The fourth-order valence-electron chi connectivity index (χ4n) is 1.91. The van der Waals surface area contributed by atoms with Crippen molar-refractivity contribution in [1.82, 2.24) is 10.2 Å². The second-order valence-electron chi connectivity index (χ2n) is 4.35. The molecule has 2 aromatic carbocycles. The van der Waals surface area contributed by atoms with Gasteiger partial charge in [0.05, 0.1) is 16.7 Å². The Bertz CT molecular complexity index is 924. The number of H-pyrrole nitrogens is 1. The van der Waals surface area contributed by atoms with Crippen LogP contribution in [0, 0.1) is 0 Å². The van der Waals surface area contributed by atoms with E-state index < -0.39 is 10.0 Å². The third kappa shape index (κ3) is 2.90. The van der Waals surface area contributed by atoms with Crippen molar-refractivity contribution in [3.63, 3.8) is 0 Å². The number of benzene rings is 2. The van der Waals surface area contributed by atoms with Gasteiger partial charge in [-0.3, -0.25) is 9.82 Å². The zero-order chi connectivity index (χ0) is 15.0. The van der Waals surface area contributed by atoms with E-state index in [0.29, 0.717) is 10.2 Å². The molecule has 0 atom stereocenters. The van der Waals surface area contributed by atoms with Crippen molar-refractivity contribution in [2.75, 3.05) is 4.72 Å². The van der Waals surface area contributed by atoms with Crippen LogP contribution in [-0.4, -0.2) is 18.6 Å². The van der Waals surface area contributed by atoms with Crippen molar-refractivity contribution in [3.05, 3.63) is 52.1 Å². The number of hydrogen-bond donors (Lipinski definition) is 2. The van der Waals surface area contributed by atoms with Gasteiger partial charge in [-0.15, -0.1) is 0 Å². The third-order valence-corrected chi connectivity index (χ3v) is 5.23. The molecule has 0 bridgehead atoms. The molecule has 0 fully saturated rings. The van der Waals surface area contributed by atoms with Gasteiger partial charge >= 0.3 is 0 Å². The second-order valence-corrected chi connectivity index (χ2v) is 7.33. The molecule has 0 saturated heterocycles. The average Bonchev–Trinajstić information content (AvgIpc) is 2.85. The summed E-state index contributed by atoms with van der Waals surface area (Å²) in [5, 5.41) is 7.67. The smallest absolute Gasteiger partial charge is 0.263 e. The number of nitrogens with zero attached hydrogens (tertiary/aromatic N) is 1. The second kappa shape index (κ2) is 5.32. The summed E-state index contributed by atoms with van der Waals surface area (Å²) in [6, 6.07) is 9.72. The largest absolute Gasteiger partial charge is 0.280 e. The predicted molar refractivity (Wildman–Crippen MR) is 86.1 cm³/mol. The lowest BCUT2D eigenvalue weighted by atomic mass is 10.2. The summed E-state index contributed by atoms with van der Waals surface area (Å²) in [5.41, 5.74) is 1.28. The molecule has 1 heterocycles. The highest BCUT2D eigenvalue weighted by molar-refractivity contribution is 9.10. The van der Waals surface area contributed by atoms with E-state index in [2.05, 4.69) is 30.8 Å². The Morgan fingerprint density at radius 3 is 2.76 bits per heavy atom. The number of hydrogen-bond acceptors (Lipinski definition) is 3. The maximum Gasteiger partial charge on any atom is 0.263 e. The molecule has 0 aliphatic heterocycles. The van der Waals surface area contributed by atoms with Crippen molar-refractivity contribution in [1.29, 1.82) is 0 Å². The molecular formula is C13H9BrClN3O2S. The average molecular weight is 387 g/mol. The molecular weight excluding hydrogens is 378 g/mol. The van der Waals surface area contributed by atoms with Crippen molar-refractivity contribution >= 4 is 54.1 Å². The van der Waals surface area contributed by atoms with E-state index in [4.69, 9.17) is 11.6 Å². The lowest BCUT2D eigenvalue weighted by Gasteiger charge is -2.09. The van der Waals surface area contributed by atoms with Gasteiger partial charge in [-0.25, -0.2) is 8.42 Å². The van der Waals surface area contributed by atoms with Gasteiger partial charge in [0.15, 0.2) is 0 Å². The zero-order valence-corrected chi connectivity index (χ0v) is 13.6. The molecule has 3 aromatic rings. The summed E-state index contributed by atoms with van der Waals surface area (Å²) in [4.78, 5) is 0.0275. The van der Waals surface area contributed by atoms with Crippen LogP contribution in [-0.2, 0) is 10.0 Å². The van der Waals surface area contributed by atoms with Crippen LogP contribution in [0.25, 0.3) is 10.9 Å². The van der Waals surface area contributed by atoms with Gasteiger partial charge in [-0.1, -0.05) is 27.5 Å². The van der Waals surface area contributed by atoms with Crippen molar-refractivity contribution in [3.8, 4) is 0 Å². The highest BCUT2D eigenvalue weighted by atomic mass is 79.9. The Balaban J connectivity index is 1.98. The van der Waals surface area contributed by atoms with Gasteiger partial charge in [0.25, 0.3) is 10.0 Å². The van der Waals surface area contributed by atoms with Crippen molar-refractivity contribution < 1.29 is 8.42 Å². The van der Waals surface area contributed by atoms with Crippen LogP contribution in [0.4, 0.5) is 5.69 Å². The van der Waals surface area contributed by atoms with E-state index in [1.807, 2.05) is 0 Å². The molecule has 5 nitrogen and oxygen atoms in total. The van der Waals surface area contributed by atoms with Crippen molar-refractivity contribution in [2.24, 2.45) is 0 Å². The highest BCUT2D eigenvalue weighted by Crippen LogP contribution is 2.27. The fraction of sp³-hybridized carbons (Fsp3) is 0. The summed E-state index contributed by atoms with van der Waals surface area (Å²) in [7, 11) is -3.75. The Morgan fingerprint density at radius 1 is 1.19 bits per heavy atom. The van der Waals surface area contributed by atoms with Gasteiger partial charge in [-0.2, -0.15) is 5.10 Å². The summed E-state index contributed by atoms with van der Waals surface area (Å²) >= 11 is 9.24. The van der Waals surface area contributed by atoms with Crippen LogP contribution in [0.2, 0.25) is 5.02 Å². The van der Waals surface area contributed by atoms with Crippen LogP contribution in [0.5, 0.6) is 0 Å². The molecule has 0 saturated carbocycles. The minimum absolute atomic E-state index is 0.0275. The quantitative estimate of drug-likeness (QED) is 0.719. The lowest BCUT2D eigenvalue weighted by Crippen LogP contribution is -2.13. The first kappa shape index (κ1) is 14.4. The molecule has 8 heteroatoms. The zero-order valence-electron chi connectivity index (χ0n) is 10.5. The van der Waals surface area contributed by atoms with E-state index in [0.717, 1.165) is 10.9 Å². The highest BCUT2D eigenvalue weighted by Gasteiger charge is 2.18. The molecule has 1 aromatic heterocycles. The van der Waals surface area contributed by atoms with Crippen LogP contribution < -0.4 is 4.72 Å². The summed E-state index contributed by atoms with van der Waals surface area (Å²) < 4.78 is 28.0. The predicted octanol–water partition coefficient (Wildman–Crippen LogP) is 3.78. The third-order valence-electron chi connectivity index (χ3n) is 2.88. The summed E-state index contributed by atoms with van der Waals surface area (Å²) in [5.74, 6) is 0. The van der Waals surface area contributed by atoms with Crippen LogP contribution in [0.1, 0.15) is 0 Å². The Hall–Kier alpha value is -1.57. The normalized spacial score (nSPS) is 11.7. The molecule has 0 unspecified atom stereocenters. The monoisotopic (exact) mass is 385 g/mol. The molecule has 0 aliphatic carbocycles.